The third kappa shape index (κ3) is 2.76. The average molecular weight is 405 g/mol. The molecule has 1 aromatic carbocycles. The van der Waals surface area contributed by atoms with Crippen molar-refractivity contribution in [2.45, 2.75) is 51.0 Å². The van der Waals surface area contributed by atoms with Gasteiger partial charge in [-0.3, -0.25) is 9.48 Å². The highest BCUT2D eigenvalue weighted by molar-refractivity contribution is 7.89. The average Bonchev–Trinajstić information content (AvgIpc) is 2.88. The number of carbonyl (C=O) groups excluding carboxylic acids is 1. The van der Waals surface area contributed by atoms with Gasteiger partial charge in [0.05, 0.1) is 28.6 Å². The van der Waals surface area contributed by atoms with Crippen molar-refractivity contribution in [2.24, 2.45) is 17.8 Å². The van der Waals surface area contributed by atoms with E-state index >= 15 is 0 Å². The smallest absolute Gasteiger partial charge is 0.267 e. The SMILES string of the molecule is Cc1nn(C23CC4CC(CC(C4)C2)C3)c2cc(F)c(C(=O)NS(C)(=O)=O)cc12. The van der Waals surface area contributed by atoms with Gasteiger partial charge in [0.1, 0.15) is 5.82 Å². The quantitative estimate of drug-likeness (QED) is 0.851. The first-order chi connectivity index (χ1) is 13.1. The van der Waals surface area contributed by atoms with Crippen LogP contribution in [-0.2, 0) is 15.6 Å². The van der Waals surface area contributed by atoms with E-state index in [1.807, 2.05) is 16.3 Å². The molecule has 28 heavy (non-hydrogen) atoms. The Morgan fingerprint density at radius 1 is 1.18 bits per heavy atom. The maximum Gasteiger partial charge on any atom is 0.267 e. The molecule has 0 aliphatic heterocycles. The van der Waals surface area contributed by atoms with Crippen LogP contribution >= 0.6 is 0 Å². The zero-order chi connectivity index (χ0) is 19.8. The van der Waals surface area contributed by atoms with E-state index in [0.29, 0.717) is 10.9 Å². The number of carbonyl (C=O) groups is 1. The molecule has 6 rings (SSSR count). The number of hydrogen-bond donors (Lipinski definition) is 1. The lowest BCUT2D eigenvalue weighted by atomic mass is 9.53. The van der Waals surface area contributed by atoms with Gasteiger partial charge in [-0.1, -0.05) is 0 Å². The van der Waals surface area contributed by atoms with Crippen molar-refractivity contribution in [2.75, 3.05) is 6.26 Å². The monoisotopic (exact) mass is 405 g/mol. The lowest BCUT2D eigenvalue weighted by Crippen LogP contribution is -2.52. The number of fused-ring (bicyclic) bond motifs is 1. The van der Waals surface area contributed by atoms with Crippen LogP contribution in [0.1, 0.15) is 54.6 Å². The molecule has 4 saturated carbocycles. The summed E-state index contributed by atoms with van der Waals surface area (Å²) in [6.45, 7) is 1.86. The second-order valence-electron chi connectivity index (χ2n) is 9.19. The number of benzene rings is 1. The van der Waals surface area contributed by atoms with Gasteiger partial charge in [-0.05, 0) is 69.3 Å². The summed E-state index contributed by atoms with van der Waals surface area (Å²) in [6.07, 6.45) is 8.07. The van der Waals surface area contributed by atoms with Crippen LogP contribution < -0.4 is 4.72 Å². The lowest BCUT2D eigenvalue weighted by Gasteiger charge is -2.56. The number of nitrogens with one attached hydrogen (secondary N) is 1. The number of nitrogens with zero attached hydrogens (tertiary/aromatic N) is 2. The lowest BCUT2D eigenvalue weighted by molar-refractivity contribution is -0.0471. The molecule has 4 bridgehead atoms. The Morgan fingerprint density at radius 3 is 2.29 bits per heavy atom. The summed E-state index contributed by atoms with van der Waals surface area (Å²) >= 11 is 0. The van der Waals surface area contributed by atoms with Crippen LogP contribution in [0.3, 0.4) is 0 Å². The summed E-state index contributed by atoms with van der Waals surface area (Å²) in [4.78, 5) is 12.2. The van der Waals surface area contributed by atoms with Gasteiger partial charge in [0.25, 0.3) is 5.91 Å². The Balaban J connectivity index is 1.61. The van der Waals surface area contributed by atoms with E-state index in [-0.39, 0.29) is 11.1 Å². The van der Waals surface area contributed by atoms with Crippen molar-refractivity contribution in [1.82, 2.24) is 14.5 Å². The van der Waals surface area contributed by atoms with Crippen LogP contribution in [-0.4, -0.2) is 30.4 Å². The van der Waals surface area contributed by atoms with Gasteiger partial charge in [0.2, 0.25) is 10.0 Å². The van der Waals surface area contributed by atoms with Gasteiger partial charge in [-0.25, -0.2) is 17.5 Å². The number of amides is 1. The molecule has 0 radical (unpaired) electrons. The predicted molar refractivity (Wildman–Crippen MR) is 103 cm³/mol. The molecule has 1 amide bonds. The fourth-order valence-corrected chi connectivity index (χ4v) is 6.82. The number of aromatic nitrogens is 2. The second kappa shape index (κ2) is 5.78. The van der Waals surface area contributed by atoms with Crippen molar-refractivity contribution in [1.29, 1.82) is 0 Å². The molecule has 0 unspecified atom stereocenters. The molecule has 1 aromatic heterocycles. The number of aryl methyl sites for hydroxylation is 1. The van der Waals surface area contributed by atoms with E-state index < -0.39 is 21.7 Å². The third-order valence-corrected chi connectivity index (χ3v) is 7.49. The molecule has 4 aliphatic rings. The fourth-order valence-electron chi connectivity index (χ4n) is 6.37. The summed E-state index contributed by atoms with van der Waals surface area (Å²) in [6, 6.07) is 2.79. The molecular weight excluding hydrogens is 381 g/mol. The molecule has 0 saturated heterocycles. The van der Waals surface area contributed by atoms with E-state index in [1.54, 1.807) is 0 Å². The molecule has 1 heterocycles. The number of sulfonamides is 1. The molecule has 150 valence electrons. The van der Waals surface area contributed by atoms with E-state index in [1.165, 1.54) is 31.4 Å². The Hall–Kier alpha value is -1.96. The van der Waals surface area contributed by atoms with Crippen molar-refractivity contribution in [3.8, 4) is 0 Å². The van der Waals surface area contributed by atoms with E-state index in [4.69, 9.17) is 5.10 Å². The minimum Gasteiger partial charge on any atom is -0.268 e. The largest absolute Gasteiger partial charge is 0.268 e. The summed E-state index contributed by atoms with van der Waals surface area (Å²) in [5.74, 6) is 0.518. The van der Waals surface area contributed by atoms with Crippen LogP contribution in [0, 0.1) is 30.5 Å². The maximum absolute atomic E-state index is 14.8. The molecule has 6 nitrogen and oxygen atoms in total. The first-order valence-electron chi connectivity index (χ1n) is 9.85. The van der Waals surface area contributed by atoms with Crippen molar-refractivity contribution in [3.05, 3.63) is 29.2 Å². The van der Waals surface area contributed by atoms with Crippen LogP contribution in [0.15, 0.2) is 12.1 Å². The fraction of sp³-hybridized carbons (Fsp3) is 0.600. The number of halogens is 1. The normalized spacial score (nSPS) is 31.5. The van der Waals surface area contributed by atoms with Gasteiger partial charge in [-0.15, -0.1) is 0 Å². The van der Waals surface area contributed by atoms with Crippen molar-refractivity contribution >= 4 is 26.8 Å². The highest BCUT2D eigenvalue weighted by Gasteiger charge is 2.52. The first-order valence-corrected chi connectivity index (χ1v) is 11.7. The molecule has 4 aliphatic carbocycles. The number of rotatable bonds is 3. The van der Waals surface area contributed by atoms with Crippen LogP contribution in [0.25, 0.3) is 10.9 Å². The molecule has 0 atom stereocenters. The molecule has 0 spiro atoms. The van der Waals surface area contributed by atoms with Gasteiger partial charge < -0.3 is 0 Å². The van der Waals surface area contributed by atoms with E-state index in [0.717, 1.165) is 49.0 Å². The Morgan fingerprint density at radius 2 is 1.75 bits per heavy atom. The van der Waals surface area contributed by atoms with Gasteiger partial charge in [0, 0.05) is 11.5 Å². The Labute approximate surface area is 163 Å². The van der Waals surface area contributed by atoms with Crippen LogP contribution in [0.4, 0.5) is 4.39 Å². The minimum atomic E-state index is -3.76. The number of hydrogen-bond acceptors (Lipinski definition) is 4. The van der Waals surface area contributed by atoms with E-state index in [9.17, 15) is 17.6 Å². The zero-order valence-electron chi connectivity index (χ0n) is 16.0. The summed E-state index contributed by atoms with van der Waals surface area (Å²) in [5, 5.41) is 5.50. The molecule has 4 fully saturated rings. The maximum atomic E-state index is 14.8. The molecular formula is C20H24FN3O3S. The Bertz CT molecular complexity index is 1070. The van der Waals surface area contributed by atoms with Crippen molar-refractivity contribution in [3.63, 3.8) is 0 Å². The second-order valence-corrected chi connectivity index (χ2v) is 10.9. The van der Waals surface area contributed by atoms with Crippen LogP contribution in [0.2, 0.25) is 0 Å². The van der Waals surface area contributed by atoms with Gasteiger partial charge in [0.15, 0.2) is 0 Å². The summed E-state index contributed by atoms with van der Waals surface area (Å²) < 4.78 is 41.4. The Kier molecular flexibility index (Phi) is 3.73. The highest BCUT2D eigenvalue weighted by Crippen LogP contribution is 2.59. The van der Waals surface area contributed by atoms with Crippen LogP contribution in [0.5, 0.6) is 0 Å². The summed E-state index contributed by atoms with van der Waals surface area (Å²) in [5.41, 5.74) is 1.11. The first kappa shape index (κ1) is 18.1. The zero-order valence-corrected chi connectivity index (χ0v) is 16.9. The highest BCUT2D eigenvalue weighted by atomic mass is 32.2. The topological polar surface area (TPSA) is 81.1 Å². The predicted octanol–water partition coefficient (Wildman–Crippen LogP) is 3.10. The molecule has 8 heteroatoms. The molecule has 1 N–H and O–H groups in total. The van der Waals surface area contributed by atoms with Gasteiger partial charge in [-0.2, -0.15) is 5.10 Å². The van der Waals surface area contributed by atoms with Crippen molar-refractivity contribution < 1.29 is 17.6 Å². The van der Waals surface area contributed by atoms with Gasteiger partial charge >= 0.3 is 0 Å². The third-order valence-electron chi connectivity index (χ3n) is 6.93. The summed E-state index contributed by atoms with van der Waals surface area (Å²) in [7, 11) is -3.76. The standard InChI is InChI=1S/C20H24FN3O3S/c1-11-15-6-16(19(25)23-28(2,26)27)17(21)7-18(15)24(22-11)20-8-12-3-13(9-20)5-14(4-12)10-20/h6-7,12-14H,3-5,8-10H2,1-2H3,(H,23,25). The minimum absolute atomic E-state index is 0.0514. The molecule has 2 aromatic rings. The van der Waals surface area contributed by atoms with E-state index in [2.05, 4.69) is 0 Å².